The number of carbonyl (C=O) groups excluding carboxylic acids is 1. The molecule has 0 saturated heterocycles. The topological polar surface area (TPSA) is 83.6 Å². The van der Waals surface area contributed by atoms with Crippen molar-refractivity contribution in [2.45, 2.75) is 40.2 Å². The van der Waals surface area contributed by atoms with Gasteiger partial charge in [0.05, 0.1) is 17.1 Å². The normalized spacial score (nSPS) is 12.3. The molecular weight excluding hydrogens is 302 g/mol. The highest BCUT2D eigenvalue weighted by molar-refractivity contribution is 6.06. The van der Waals surface area contributed by atoms with Gasteiger partial charge in [0.1, 0.15) is 5.82 Å². The van der Waals surface area contributed by atoms with Crippen LogP contribution in [0.3, 0.4) is 0 Å². The molecule has 2 heterocycles. The highest BCUT2D eigenvalue weighted by atomic mass is 16.1. The Morgan fingerprint density at radius 3 is 2.71 bits per heavy atom. The second kappa shape index (κ2) is 6.39. The number of nitrogens with one attached hydrogen (secondary N) is 2. The number of rotatable bonds is 4. The lowest BCUT2D eigenvalue weighted by atomic mass is 10.0. The molecule has 0 aliphatic rings. The average molecular weight is 323 g/mol. The number of aromatic nitrogens is 4. The maximum atomic E-state index is 12.8. The lowest BCUT2D eigenvalue weighted by Crippen LogP contribution is -2.27. The van der Waals surface area contributed by atoms with Crippen LogP contribution in [0.1, 0.15) is 53.2 Å². The van der Waals surface area contributed by atoms with Gasteiger partial charge in [-0.15, -0.1) is 0 Å². The number of amides is 1. The van der Waals surface area contributed by atoms with Gasteiger partial charge in [-0.25, -0.2) is 4.98 Å². The van der Waals surface area contributed by atoms with Gasteiger partial charge in [-0.05, 0) is 51.0 Å². The van der Waals surface area contributed by atoms with E-state index in [2.05, 4.69) is 38.5 Å². The van der Waals surface area contributed by atoms with Crippen molar-refractivity contribution in [1.29, 1.82) is 0 Å². The van der Waals surface area contributed by atoms with Gasteiger partial charge in [-0.1, -0.05) is 13.0 Å². The van der Waals surface area contributed by atoms with Crippen LogP contribution >= 0.6 is 0 Å². The van der Waals surface area contributed by atoms with Gasteiger partial charge >= 0.3 is 0 Å². The number of hydrogen-bond acceptors (Lipinski definition) is 4. The molecular formula is C18H21N5O. The summed E-state index contributed by atoms with van der Waals surface area (Å²) in [7, 11) is 0. The molecule has 3 aromatic rings. The molecule has 0 aliphatic carbocycles. The maximum absolute atomic E-state index is 12.8. The molecule has 0 spiro atoms. The molecule has 0 aliphatic heterocycles. The zero-order valence-electron chi connectivity index (χ0n) is 14.3. The largest absolute Gasteiger partial charge is 0.342 e. The van der Waals surface area contributed by atoms with E-state index in [0.717, 1.165) is 28.8 Å². The van der Waals surface area contributed by atoms with E-state index in [-0.39, 0.29) is 11.9 Å². The second-order valence-electron chi connectivity index (χ2n) is 5.99. The molecule has 1 aromatic carbocycles. The number of aryl methyl sites for hydroxylation is 3. The molecule has 2 aromatic heterocycles. The molecule has 6 nitrogen and oxygen atoms in total. The molecule has 0 radical (unpaired) electrons. The van der Waals surface area contributed by atoms with E-state index in [9.17, 15) is 4.79 Å². The SMILES string of the molecule is CCc1ccc2nc(C)cc(C(=O)N[C@@H](C)c3n[nH]c(C)n3)c2c1. The Balaban J connectivity index is 1.96. The summed E-state index contributed by atoms with van der Waals surface area (Å²) in [5, 5.41) is 10.7. The fraction of sp³-hybridized carbons (Fsp3) is 0.333. The Morgan fingerprint density at radius 2 is 2.04 bits per heavy atom. The number of hydrogen-bond donors (Lipinski definition) is 2. The lowest BCUT2D eigenvalue weighted by molar-refractivity contribution is 0.0940. The molecule has 0 fully saturated rings. The molecule has 3 rings (SSSR count). The molecule has 1 amide bonds. The van der Waals surface area contributed by atoms with E-state index >= 15 is 0 Å². The predicted molar refractivity (Wildman–Crippen MR) is 92.9 cm³/mol. The van der Waals surface area contributed by atoms with Gasteiger partial charge in [0, 0.05) is 11.1 Å². The van der Waals surface area contributed by atoms with Crippen molar-refractivity contribution in [3.63, 3.8) is 0 Å². The molecule has 6 heteroatoms. The van der Waals surface area contributed by atoms with Crippen LogP contribution in [-0.2, 0) is 6.42 Å². The van der Waals surface area contributed by atoms with Crippen LogP contribution in [0.25, 0.3) is 10.9 Å². The van der Waals surface area contributed by atoms with Gasteiger partial charge in [0.2, 0.25) is 0 Å². The quantitative estimate of drug-likeness (QED) is 0.773. The minimum atomic E-state index is -0.277. The summed E-state index contributed by atoms with van der Waals surface area (Å²) in [6, 6.07) is 7.61. The Hall–Kier alpha value is -2.76. The molecule has 0 unspecified atom stereocenters. The van der Waals surface area contributed by atoms with Crippen molar-refractivity contribution in [1.82, 2.24) is 25.5 Å². The Kier molecular flexibility index (Phi) is 4.29. The number of nitrogens with zero attached hydrogens (tertiary/aromatic N) is 3. The van der Waals surface area contributed by atoms with Gasteiger partial charge < -0.3 is 5.32 Å². The van der Waals surface area contributed by atoms with Crippen molar-refractivity contribution in [3.8, 4) is 0 Å². The van der Waals surface area contributed by atoms with Gasteiger partial charge in [-0.3, -0.25) is 14.9 Å². The van der Waals surface area contributed by atoms with Gasteiger partial charge in [-0.2, -0.15) is 5.10 Å². The first-order valence-electron chi connectivity index (χ1n) is 8.08. The van der Waals surface area contributed by atoms with E-state index < -0.39 is 0 Å². The van der Waals surface area contributed by atoms with E-state index in [1.807, 2.05) is 39.0 Å². The summed E-state index contributed by atoms with van der Waals surface area (Å²) in [5.74, 6) is 1.16. The monoisotopic (exact) mass is 323 g/mol. The Labute approximate surface area is 140 Å². The maximum Gasteiger partial charge on any atom is 0.252 e. The number of benzene rings is 1. The van der Waals surface area contributed by atoms with Crippen LogP contribution in [0.15, 0.2) is 24.3 Å². The minimum Gasteiger partial charge on any atom is -0.342 e. The van der Waals surface area contributed by atoms with E-state index in [4.69, 9.17) is 0 Å². The number of pyridine rings is 1. The fourth-order valence-corrected chi connectivity index (χ4v) is 2.71. The van der Waals surface area contributed by atoms with Crippen molar-refractivity contribution < 1.29 is 4.79 Å². The minimum absolute atomic E-state index is 0.145. The van der Waals surface area contributed by atoms with Crippen molar-refractivity contribution in [2.75, 3.05) is 0 Å². The third-order valence-corrected chi connectivity index (χ3v) is 4.00. The first kappa shape index (κ1) is 16.1. The van der Waals surface area contributed by atoms with Crippen LogP contribution in [-0.4, -0.2) is 26.1 Å². The Bertz CT molecular complexity index is 900. The number of aromatic amines is 1. The van der Waals surface area contributed by atoms with E-state index in [1.165, 1.54) is 5.56 Å². The first-order valence-corrected chi connectivity index (χ1v) is 8.08. The van der Waals surface area contributed by atoms with Crippen LogP contribution in [0, 0.1) is 13.8 Å². The number of H-pyrrole nitrogens is 1. The van der Waals surface area contributed by atoms with Crippen molar-refractivity contribution in [3.05, 3.63) is 52.7 Å². The van der Waals surface area contributed by atoms with Crippen LogP contribution in [0.4, 0.5) is 0 Å². The number of fused-ring (bicyclic) bond motifs is 1. The highest BCUT2D eigenvalue weighted by Crippen LogP contribution is 2.21. The van der Waals surface area contributed by atoms with Gasteiger partial charge in [0.15, 0.2) is 5.82 Å². The third kappa shape index (κ3) is 3.13. The predicted octanol–water partition coefficient (Wildman–Crippen LogP) is 3.02. The summed E-state index contributed by atoms with van der Waals surface area (Å²) in [6.45, 7) is 7.69. The van der Waals surface area contributed by atoms with E-state index in [0.29, 0.717) is 11.4 Å². The fourth-order valence-electron chi connectivity index (χ4n) is 2.71. The summed E-state index contributed by atoms with van der Waals surface area (Å²) in [4.78, 5) is 21.6. The molecule has 1 atom stereocenters. The van der Waals surface area contributed by atoms with Crippen LogP contribution < -0.4 is 5.32 Å². The van der Waals surface area contributed by atoms with E-state index in [1.54, 1.807) is 0 Å². The molecule has 2 N–H and O–H groups in total. The zero-order valence-corrected chi connectivity index (χ0v) is 14.3. The molecule has 124 valence electrons. The van der Waals surface area contributed by atoms with Crippen molar-refractivity contribution >= 4 is 16.8 Å². The smallest absolute Gasteiger partial charge is 0.252 e. The highest BCUT2D eigenvalue weighted by Gasteiger charge is 2.17. The molecule has 24 heavy (non-hydrogen) atoms. The average Bonchev–Trinajstić information content (AvgIpc) is 3.00. The zero-order chi connectivity index (χ0) is 17.3. The third-order valence-electron chi connectivity index (χ3n) is 4.00. The molecule has 0 saturated carbocycles. The van der Waals surface area contributed by atoms with Crippen molar-refractivity contribution in [2.24, 2.45) is 0 Å². The lowest BCUT2D eigenvalue weighted by Gasteiger charge is -2.13. The first-order chi connectivity index (χ1) is 11.5. The van der Waals surface area contributed by atoms with Crippen LogP contribution in [0.5, 0.6) is 0 Å². The number of carbonyl (C=O) groups is 1. The van der Waals surface area contributed by atoms with Crippen LogP contribution in [0.2, 0.25) is 0 Å². The second-order valence-corrected chi connectivity index (χ2v) is 5.99. The standard InChI is InChI=1S/C18H21N5O/c1-5-13-6-7-16-14(9-13)15(8-10(2)19-16)18(24)20-11(3)17-21-12(4)22-23-17/h6-9,11H,5H2,1-4H3,(H,20,24)(H,21,22,23)/t11-/m0/s1. The van der Waals surface area contributed by atoms with Gasteiger partial charge in [0.25, 0.3) is 5.91 Å². The summed E-state index contributed by atoms with van der Waals surface area (Å²) in [5.41, 5.74) is 3.46. The summed E-state index contributed by atoms with van der Waals surface area (Å²) >= 11 is 0. The molecule has 0 bridgehead atoms. The summed E-state index contributed by atoms with van der Waals surface area (Å²) in [6.07, 6.45) is 0.914. The summed E-state index contributed by atoms with van der Waals surface area (Å²) < 4.78 is 0. The Morgan fingerprint density at radius 1 is 1.25 bits per heavy atom.